The summed E-state index contributed by atoms with van der Waals surface area (Å²) in [5.74, 6) is 0. The summed E-state index contributed by atoms with van der Waals surface area (Å²) < 4.78 is 6.67. The molecule has 0 radical (unpaired) electrons. The first-order valence-corrected chi connectivity index (χ1v) is 7.33. The van der Waals surface area contributed by atoms with Gasteiger partial charge >= 0.3 is 0 Å². The molecule has 3 nitrogen and oxygen atoms in total. The molecule has 1 aliphatic heterocycles. The maximum atomic E-state index is 9.96. The molecule has 1 heterocycles. The van der Waals surface area contributed by atoms with Crippen molar-refractivity contribution in [2.75, 3.05) is 18.5 Å². The average molecular weight is 334 g/mol. The summed E-state index contributed by atoms with van der Waals surface area (Å²) in [7, 11) is 0. The van der Waals surface area contributed by atoms with Crippen molar-refractivity contribution in [1.29, 1.82) is 0 Å². The highest BCUT2D eigenvalue weighted by molar-refractivity contribution is 9.10. The molecule has 0 spiro atoms. The molecule has 0 aliphatic carbocycles. The topological polar surface area (TPSA) is 41.5 Å². The van der Waals surface area contributed by atoms with Crippen LogP contribution >= 0.6 is 15.9 Å². The smallest absolute Gasteiger partial charge is 0.110 e. The van der Waals surface area contributed by atoms with Gasteiger partial charge in [-0.15, -0.1) is 0 Å². The zero-order valence-corrected chi connectivity index (χ0v) is 12.6. The van der Waals surface area contributed by atoms with Crippen LogP contribution in [0.1, 0.15) is 11.1 Å². The molecule has 0 fully saturated rings. The number of nitrogens with one attached hydrogen (secondary N) is 1. The molecule has 1 aliphatic rings. The van der Waals surface area contributed by atoms with Gasteiger partial charge in [-0.3, -0.25) is 0 Å². The van der Waals surface area contributed by atoms with Crippen LogP contribution in [0.3, 0.4) is 0 Å². The summed E-state index contributed by atoms with van der Waals surface area (Å²) in [5.41, 5.74) is 2.59. The second kappa shape index (κ2) is 5.56. The Labute approximate surface area is 126 Å². The SMILES string of the molecule is OCC1(Nc2cccc(Br)c2)COCc2ccccc21. The third-order valence-corrected chi connectivity index (χ3v) is 4.11. The number of aliphatic hydroxyl groups excluding tert-OH is 1. The van der Waals surface area contributed by atoms with Crippen molar-refractivity contribution in [3.8, 4) is 0 Å². The maximum absolute atomic E-state index is 9.96. The Bertz CT molecular complexity index is 617. The van der Waals surface area contributed by atoms with Crippen molar-refractivity contribution in [2.45, 2.75) is 12.1 Å². The monoisotopic (exact) mass is 333 g/mol. The summed E-state index contributed by atoms with van der Waals surface area (Å²) in [6, 6.07) is 16.0. The largest absolute Gasteiger partial charge is 0.393 e. The number of fused-ring (bicyclic) bond motifs is 1. The number of halogens is 1. The van der Waals surface area contributed by atoms with E-state index in [4.69, 9.17) is 4.74 Å². The number of rotatable bonds is 3. The fourth-order valence-electron chi connectivity index (χ4n) is 2.64. The Kier molecular flexibility index (Phi) is 3.78. The van der Waals surface area contributed by atoms with Gasteiger partial charge in [-0.25, -0.2) is 0 Å². The minimum absolute atomic E-state index is 0.0173. The second-order valence-electron chi connectivity index (χ2n) is 5.03. The fraction of sp³-hybridized carbons (Fsp3) is 0.250. The van der Waals surface area contributed by atoms with E-state index in [2.05, 4.69) is 27.3 Å². The van der Waals surface area contributed by atoms with E-state index in [1.165, 1.54) is 0 Å². The van der Waals surface area contributed by atoms with Crippen molar-refractivity contribution in [3.63, 3.8) is 0 Å². The minimum atomic E-state index is -0.588. The summed E-state index contributed by atoms with van der Waals surface area (Å²) in [4.78, 5) is 0. The van der Waals surface area contributed by atoms with E-state index in [9.17, 15) is 5.11 Å². The van der Waals surface area contributed by atoms with Gasteiger partial charge in [0.25, 0.3) is 0 Å². The Morgan fingerprint density at radius 3 is 2.85 bits per heavy atom. The van der Waals surface area contributed by atoms with E-state index >= 15 is 0 Å². The highest BCUT2D eigenvalue weighted by Crippen LogP contribution is 2.33. The highest BCUT2D eigenvalue weighted by atomic mass is 79.9. The molecule has 104 valence electrons. The van der Waals surface area contributed by atoms with Gasteiger partial charge in [0.15, 0.2) is 0 Å². The number of hydrogen-bond donors (Lipinski definition) is 2. The van der Waals surface area contributed by atoms with Gasteiger partial charge in [0, 0.05) is 10.2 Å². The van der Waals surface area contributed by atoms with E-state index in [-0.39, 0.29) is 6.61 Å². The number of ether oxygens (including phenoxy) is 1. The summed E-state index contributed by atoms with van der Waals surface area (Å²) >= 11 is 3.46. The van der Waals surface area contributed by atoms with E-state index in [0.29, 0.717) is 13.2 Å². The van der Waals surface area contributed by atoms with E-state index in [1.807, 2.05) is 42.5 Å². The molecule has 0 saturated carbocycles. The van der Waals surface area contributed by atoms with E-state index in [0.717, 1.165) is 21.3 Å². The lowest BCUT2D eigenvalue weighted by Gasteiger charge is -2.39. The van der Waals surface area contributed by atoms with E-state index in [1.54, 1.807) is 0 Å². The van der Waals surface area contributed by atoms with Gasteiger partial charge in [0.05, 0.1) is 19.8 Å². The molecule has 1 atom stereocenters. The van der Waals surface area contributed by atoms with Gasteiger partial charge in [-0.1, -0.05) is 46.3 Å². The molecular formula is C16H16BrNO2. The molecule has 20 heavy (non-hydrogen) atoms. The van der Waals surface area contributed by atoms with Gasteiger partial charge in [-0.05, 0) is 29.3 Å². The molecule has 0 aromatic heterocycles. The Morgan fingerprint density at radius 2 is 2.05 bits per heavy atom. The quantitative estimate of drug-likeness (QED) is 0.905. The van der Waals surface area contributed by atoms with Crippen LogP contribution in [0.5, 0.6) is 0 Å². The molecule has 2 aromatic carbocycles. The molecule has 2 aromatic rings. The minimum Gasteiger partial charge on any atom is -0.393 e. The first-order chi connectivity index (χ1) is 9.73. The van der Waals surface area contributed by atoms with Gasteiger partial charge in [-0.2, -0.15) is 0 Å². The molecule has 4 heteroatoms. The molecular weight excluding hydrogens is 318 g/mol. The first-order valence-electron chi connectivity index (χ1n) is 6.54. The molecule has 3 rings (SSSR count). The van der Waals surface area contributed by atoms with Crippen LogP contribution in [0.4, 0.5) is 5.69 Å². The standard InChI is InChI=1S/C16H16BrNO2/c17-13-5-3-6-14(8-13)18-16(10-19)11-20-9-12-4-1-2-7-15(12)16/h1-8,18-19H,9-11H2. The summed E-state index contributed by atoms with van der Waals surface area (Å²) in [5, 5.41) is 13.4. The van der Waals surface area contributed by atoms with Gasteiger partial charge in [0.1, 0.15) is 5.54 Å². The van der Waals surface area contributed by atoms with Crippen molar-refractivity contribution in [2.24, 2.45) is 0 Å². The van der Waals surface area contributed by atoms with Crippen LogP contribution in [0.2, 0.25) is 0 Å². The van der Waals surface area contributed by atoms with Crippen LogP contribution in [-0.4, -0.2) is 18.3 Å². The predicted octanol–water partition coefficient (Wildman–Crippen LogP) is 3.28. The number of aliphatic hydroxyl groups is 1. The fourth-order valence-corrected chi connectivity index (χ4v) is 3.04. The lowest BCUT2D eigenvalue weighted by molar-refractivity contribution is 0.0357. The Morgan fingerprint density at radius 1 is 1.20 bits per heavy atom. The van der Waals surface area contributed by atoms with Crippen LogP contribution in [0, 0.1) is 0 Å². The lowest BCUT2D eigenvalue weighted by Crippen LogP contribution is -2.46. The Balaban J connectivity index is 2.00. The third-order valence-electron chi connectivity index (χ3n) is 3.62. The van der Waals surface area contributed by atoms with Crippen molar-refractivity contribution >= 4 is 21.6 Å². The summed E-state index contributed by atoms with van der Waals surface area (Å²) in [6.45, 7) is 1.03. The van der Waals surface area contributed by atoms with Crippen molar-refractivity contribution in [1.82, 2.24) is 0 Å². The molecule has 2 N–H and O–H groups in total. The predicted molar refractivity (Wildman–Crippen MR) is 82.6 cm³/mol. The van der Waals surface area contributed by atoms with Crippen LogP contribution < -0.4 is 5.32 Å². The number of benzene rings is 2. The van der Waals surface area contributed by atoms with Crippen LogP contribution in [0.25, 0.3) is 0 Å². The Hall–Kier alpha value is -1.36. The van der Waals surface area contributed by atoms with Crippen LogP contribution in [-0.2, 0) is 16.9 Å². The zero-order valence-electron chi connectivity index (χ0n) is 11.0. The van der Waals surface area contributed by atoms with Gasteiger partial charge < -0.3 is 15.2 Å². The first kappa shape index (κ1) is 13.6. The normalized spacial score (nSPS) is 21.3. The molecule has 1 unspecified atom stereocenters. The lowest BCUT2D eigenvalue weighted by atomic mass is 9.85. The van der Waals surface area contributed by atoms with E-state index < -0.39 is 5.54 Å². The van der Waals surface area contributed by atoms with Crippen molar-refractivity contribution < 1.29 is 9.84 Å². The molecule has 0 saturated heterocycles. The maximum Gasteiger partial charge on any atom is 0.110 e. The van der Waals surface area contributed by atoms with Crippen LogP contribution in [0.15, 0.2) is 53.0 Å². The highest BCUT2D eigenvalue weighted by Gasteiger charge is 2.36. The summed E-state index contributed by atoms with van der Waals surface area (Å²) in [6.07, 6.45) is 0. The molecule has 0 amide bonds. The van der Waals surface area contributed by atoms with Crippen molar-refractivity contribution in [3.05, 3.63) is 64.1 Å². The number of hydrogen-bond acceptors (Lipinski definition) is 3. The number of anilines is 1. The zero-order chi connectivity index (χ0) is 14.0. The second-order valence-corrected chi connectivity index (χ2v) is 5.94. The third kappa shape index (κ3) is 2.46. The van der Waals surface area contributed by atoms with Gasteiger partial charge in [0.2, 0.25) is 0 Å². The average Bonchev–Trinajstić information content (AvgIpc) is 2.47. The molecule has 0 bridgehead atoms.